The zero-order valence-corrected chi connectivity index (χ0v) is 8.83. The molecule has 0 fully saturated rings. The van der Waals surface area contributed by atoms with E-state index >= 15 is 0 Å². The van der Waals surface area contributed by atoms with Crippen LogP contribution < -0.4 is 5.73 Å². The third-order valence-electron chi connectivity index (χ3n) is 1.25. The maximum atomic E-state index is 10.7. The van der Waals surface area contributed by atoms with E-state index in [0.717, 1.165) is 0 Å². The van der Waals surface area contributed by atoms with Gasteiger partial charge in [0.05, 0.1) is 5.69 Å². The molecule has 4 nitrogen and oxygen atoms in total. The maximum absolute atomic E-state index is 10.7. The number of hydrogen-bond donors (Lipinski definition) is 2. The van der Waals surface area contributed by atoms with Gasteiger partial charge >= 0.3 is 0 Å². The van der Waals surface area contributed by atoms with Gasteiger partial charge in [-0.05, 0) is 40.8 Å². The van der Waals surface area contributed by atoms with Crippen LogP contribution in [0.2, 0.25) is 0 Å². The van der Waals surface area contributed by atoms with Crippen LogP contribution in [-0.2, 0) is 10.1 Å². The fourth-order valence-electron chi connectivity index (χ4n) is 0.732. The minimum absolute atomic E-state index is 0.0536. The fraction of sp³-hybridized carbons (Fsp3) is 0. The van der Waals surface area contributed by atoms with Crippen molar-refractivity contribution in [2.45, 2.75) is 4.90 Å². The molecule has 3 N–H and O–H groups in total. The molecule has 1 rings (SSSR count). The van der Waals surface area contributed by atoms with Crippen molar-refractivity contribution in [3.05, 3.63) is 21.8 Å². The number of nitrogens with two attached hydrogens (primary N) is 1. The number of benzene rings is 1. The predicted molar refractivity (Wildman–Crippen MR) is 53.4 cm³/mol. The Morgan fingerprint density at radius 1 is 1.42 bits per heavy atom. The van der Waals surface area contributed by atoms with Crippen LogP contribution in [0.15, 0.2) is 23.1 Å². The summed E-state index contributed by atoms with van der Waals surface area (Å²) in [5, 5.41) is 0. The highest BCUT2D eigenvalue weighted by Gasteiger charge is 2.13. The Morgan fingerprint density at radius 2 is 2.00 bits per heavy atom. The molecule has 66 valence electrons. The van der Waals surface area contributed by atoms with Gasteiger partial charge in [0, 0.05) is 3.57 Å². The molecule has 0 atom stereocenters. The molecule has 0 bridgehead atoms. The van der Waals surface area contributed by atoms with Crippen LogP contribution in [0.1, 0.15) is 0 Å². The minimum Gasteiger partial charge on any atom is -0.398 e. The van der Waals surface area contributed by atoms with Gasteiger partial charge in [-0.1, -0.05) is 0 Å². The molecule has 6 heteroatoms. The first kappa shape index (κ1) is 9.75. The topological polar surface area (TPSA) is 80.4 Å². The number of anilines is 1. The number of hydrogen-bond acceptors (Lipinski definition) is 3. The van der Waals surface area contributed by atoms with Gasteiger partial charge in [0.25, 0.3) is 10.1 Å². The van der Waals surface area contributed by atoms with Crippen molar-refractivity contribution < 1.29 is 13.0 Å². The third kappa shape index (κ3) is 2.08. The Bertz CT molecular complexity index is 401. The van der Waals surface area contributed by atoms with Crippen molar-refractivity contribution in [2.24, 2.45) is 0 Å². The van der Waals surface area contributed by atoms with E-state index < -0.39 is 10.1 Å². The number of rotatable bonds is 1. The molecule has 1 aromatic rings. The lowest BCUT2D eigenvalue weighted by atomic mass is 10.3. The number of nitrogen functional groups attached to an aromatic ring is 1. The van der Waals surface area contributed by atoms with E-state index in [0.29, 0.717) is 3.57 Å². The van der Waals surface area contributed by atoms with E-state index in [1.54, 1.807) is 6.07 Å². The molecular weight excluding hydrogens is 293 g/mol. The molecular formula is C6H6INO3S. The van der Waals surface area contributed by atoms with E-state index in [1.807, 2.05) is 22.6 Å². The molecule has 0 saturated carbocycles. The van der Waals surface area contributed by atoms with Crippen LogP contribution in [-0.4, -0.2) is 13.0 Å². The highest BCUT2D eigenvalue weighted by molar-refractivity contribution is 14.1. The lowest BCUT2D eigenvalue weighted by Crippen LogP contribution is -2.03. The maximum Gasteiger partial charge on any atom is 0.296 e. The highest BCUT2D eigenvalue weighted by atomic mass is 127. The summed E-state index contributed by atoms with van der Waals surface area (Å²) in [6.45, 7) is 0. The Balaban J connectivity index is 3.43. The molecule has 0 aliphatic rings. The van der Waals surface area contributed by atoms with Gasteiger partial charge in [-0.25, -0.2) is 0 Å². The summed E-state index contributed by atoms with van der Waals surface area (Å²) in [4.78, 5) is -0.241. The van der Waals surface area contributed by atoms with Crippen molar-refractivity contribution in [2.75, 3.05) is 5.73 Å². The van der Waals surface area contributed by atoms with Gasteiger partial charge in [0.2, 0.25) is 0 Å². The molecule has 0 aliphatic heterocycles. The second-order valence-electron chi connectivity index (χ2n) is 2.16. The molecule has 0 saturated heterocycles. The summed E-state index contributed by atoms with van der Waals surface area (Å²) < 4.78 is 30.7. The molecule has 0 aromatic heterocycles. The van der Waals surface area contributed by atoms with Gasteiger partial charge in [-0.15, -0.1) is 0 Å². The first-order valence-electron chi connectivity index (χ1n) is 2.94. The van der Waals surface area contributed by atoms with Gasteiger partial charge in [0.1, 0.15) is 4.90 Å². The monoisotopic (exact) mass is 299 g/mol. The Kier molecular flexibility index (Phi) is 2.59. The van der Waals surface area contributed by atoms with Crippen LogP contribution in [0, 0.1) is 3.57 Å². The van der Waals surface area contributed by atoms with Crippen LogP contribution in [0.3, 0.4) is 0 Å². The van der Waals surface area contributed by atoms with Crippen LogP contribution in [0.5, 0.6) is 0 Å². The zero-order valence-electron chi connectivity index (χ0n) is 5.86. The Labute approximate surface area is 83.7 Å². The second kappa shape index (κ2) is 3.19. The summed E-state index contributed by atoms with van der Waals surface area (Å²) in [7, 11) is -4.19. The van der Waals surface area contributed by atoms with Crippen LogP contribution >= 0.6 is 22.6 Å². The molecule has 12 heavy (non-hydrogen) atoms. The van der Waals surface area contributed by atoms with Crippen molar-refractivity contribution in [1.82, 2.24) is 0 Å². The molecule has 0 aliphatic carbocycles. The van der Waals surface area contributed by atoms with E-state index in [1.165, 1.54) is 12.1 Å². The number of halogens is 1. The van der Waals surface area contributed by atoms with Crippen molar-refractivity contribution >= 4 is 38.4 Å². The van der Waals surface area contributed by atoms with E-state index in [2.05, 4.69) is 0 Å². The van der Waals surface area contributed by atoms with E-state index in [-0.39, 0.29) is 10.6 Å². The van der Waals surface area contributed by atoms with E-state index in [4.69, 9.17) is 10.3 Å². The van der Waals surface area contributed by atoms with E-state index in [9.17, 15) is 8.42 Å². The quantitative estimate of drug-likeness (QED) is 0.462. The molecule has 0 unspecified atom stereocenters. The van der Waals surface area contributed by atoms with Gasteiger partial charge in [-0.3, -0.25) is 4.55 Å². The van der Waals surface area contributed by atoms with Crippen molar-refractivity contribution in [3.63, 3.8) is 0 Å². The first-order valence-corrected chi connectivity index (χ1v) is 5.45. The predicted octanol–water partition coefficient (Wildman–Crippen LogP) is 1.12. The minimum atomic E-state index is -4.19. The zero-order chi connectivity index (χ0) is 9.35. The average molecular weight is 299 g/mol. The summed E-state index contributed by atoms with van der Waals surface area (Å²) in [5.41, 5.74) is 5.39. The average Bonchev–Trinajstić information content (AvgIpc) is 1.92. The summed E-state index contributed by atoms with van der Waals surface area (Å²) in [5.74, 6) is 0. The Hall–Kier alpha value is -0.340. The molecule has 0 radical (unpaired) electrons. The normalized spacial score (nSPS) is 11.5. The molecule has 0 heterocycles. The van der Waals surface area contributed by atoms with Gasteiger partial charge in [-0.2, -0.15) is 8.42 Å². The summed E-state index contributed by atoms with van der Waals surface area (Å²) in [6, 6.07) is 4.40. The van der Waals surface area contributed by atoms with Crippen molar-refractivity contribution in [3.8, 4) is 0 Å². The lowest BCUT2D eigenvalue weighted by molar-refractivity contribution is 0.483. The van der Waals surface area contributed by atoms with Gasteiger partial charge in [0.15, 0.2) is 0 Å². The second-order valence-corrected chi connectivity index (χ2v) is 4.79. The first-order chi connectivity index (χ1) is 5.41. The van der Waals surface area contributed by atoms with Gasteiger partial charge < -0.3 is 5.73 Å². The molecule has 1 aromatic carbocycles. The van der Waals surface area contributed by atoms with Crippen LogP contribution in [0.25, 0.3) is 0 Å². The lowest BCUT2D eigenvalue weighted by Gasteiger charge is -2.01. The standard InChI is InChI=1S/C6H6INO3S/c7-4-1-2-5(8)6(3-4)12(9,10)11/h1-3H,8H2,(H,9,10,11). The molecule has 0 spiro atoms. The van der Waals surface area contributed by atoms with Crippen LogP contribution in [0.4, 0.5) is 5.69 Å². The largest absolute Gasteiger partial charge is 0.398 e. The summed E-state index contributed by atoms with van der Waals surface area (Å²) >= 11 is 1.93. The molecule has 0 amide bonds. The van der Waals surface area contributed by atoms with Crippen molar-refractivity contribution in [1.29, 1.82) is 0 Å². The SMILES string of the molecule is Nc1ccc(I)cc1S(=O)(=O)O. The Morgan fingerprint density at radius 3 is 2.42 bits per heavy atom. The smallest absolute Gasteiger partial charge is 0.296 e. The highest BCUT2D eigenvalue weighted by Crippen LogP contribution is 2.20. The summed E-state index contributed by atoms with van der Waals surface area (Å²) in [6.07, 6.45) is 0. The third-order valence-corrected chi connectivity index (χ3v) is 2.83. The fourth-order valence-corrected chi connectivity index (χ4v) is 2.08.